The van der Waals surface area contributed by atoms with Crippen LogP contribution in [0, 0.1) is 29.6 Å². The molecule has 1 fully saturated rings. The van der Waals surface area contributed by atoms with Gasteiger partial charge < -0.3 is 25.8 Å². The van der Waals surface area contributed by atoms with E-state index < -0.39 is 47.9 Å². The van der Waals surface area contributed by atoms with Crippen LogP contribution in [0.5, 0.6) is 0 Å². The Hall–Kier alpha value is -2.65. The Morgan fingerprint density at radius 1 is 0.452 bits per heavy atom. The number of carbonyl (C=O) groups is 5. The highest BCUT2D eigenvalue weighted by molar-refractivity contribution is 5.97. The normalized spacial score (nSPS) is 25.7. The zero-order chi connectivity index (χ0) is 32.5. The van der Waals surface area contributed by atoms with Crippen molar-refractivity contribution in [3.8, 4) is 0 Å². The summed E-state index contributed by atoms with van der Waals surface area (Å²) in [5.74, 6) is -1.59. The first-order valence-corrected chi connectivity index (χ1v) is 15.8. The molecule has 0 spiro atoms. The molecule has 5 atom stereocenters. The van der Waals surface area contributed by atoms with Gasteiger partial charge in [0, 0.05) is 14.1 Å². The van der Waals surface area contributed by atoms with Crippen LogP contribution in [-0.2, 0) is 24.0 Å². The minimum absolute atomic E-state index is 0.0839. The summed E-state index contributed by atoms with van der Waals surface area (Å²) in [5.41, 5.74) is 0. The molecule has 10 nitrogen and oxygen atoms in total. The SMILES string of the molecule is CC(C)C[C@@H]1NC(=O)[C@@H](CC(C)C)NC(=O)[C@H](CC(C)C)N(C)C(=O)[C@@H](CC(C)C)NC(=O)[C@H](CC(C)C)N(C)C1=O. The summed E-state index contributed by atoms with van der Waals surface area (Å²) in [6.45, 7) is 19.7. The predicted molar refractivity (Wildman–Crippen MR) is 166 cm³/mol. The van der Waals surface area contributed by atoms with Crippen LogP contribution in [0.25, 0.3) is 0 Å². The van der Waals surface area contributed by atoms with Crippen molar-refractivity contribution in [3.63, 3.8) is 0 Å². The maximum absolute atomic E-state index is 13.9. The highest BCUT2D eigenvalue weighted by Crippen LogP contribution is 2.20. The van der Waals surface area contributed by atoms with Gasteiger partial charge in [0.05, 0.1) is 0 Å². The molecule has 0 bridgehead atoms. The van der Waals surface area contributed by atoms with Crippen molar-refractivity contribution in [1.82, 2.24) is 25.8 Å². The van der Waals surface area contributed by atoms with Crippen LogP contribution < -0.4 is 16.0 Å². The maximum atomic E-state index is 13.9. The highest BCUT2D eigenvalue weighted by atomic mass is 16.2. The molecule has 42 heavy (non-hydrogen) atoms. The summed E-state index contributed by atoms with van der Waals surface area (Å²) in [4.78, 5) is 72.0. The molecule has 0 aromatic heterocycles. The number of hydrogen-bond donors (Lipinski definition) is 3. The summed E-state index contributed by atoms with van der Waals surface area (Å²) >= 11 is 0. The van der Waals surface area contributed by atoms with Gasteiger partial charge in [0.15, 0.2) is 0 Å². The van der Waals surface area contributed by atoms with E-state index >= 15 is 0 Å². The third-order valence-corrected chi connectivity index (χ3v) is 7.61. The molecule has 5 amide bonds. The lowest BCUT2D eigenvalue weighted by Crippen LogP contribution is -2.58. The maximum Gasteiger partial charge on any atom is 0.245 e. The Labute approximate surface area is 254 Å². The lowest BCUT2D eigenvalue weighted by molar-refractivity contribution is -0.145. The number of likely N-dealkylation sites (N-methyl/N-ethyl adjacent to an activating group) is 2. The highest BCUT2D eigenvalue weighted by Gasteiger charge is 2.39. The quantitative estimate of drug-likeness (QED) is 0.358. The number of carbonyl (C=O) groups excluding carboxylic acids is 5. The van der Waals surface area contributed by atoms with Gasteiger partial charge >= 0.3 is 0 Å². The zero-order valence-corrected chi connectivity index (χ0v) is 28.2. The Morgan fingerprint density at radius 3 is 1.02 bits per heavy atom. The Balaban J connectivity index is 3.80. The molecule has 0 unspecified atom stereocenters. The number of amides is 5. The molecule has 242 valence electrons. The minimum atomic E-state index is -0.883. The van der Waals surface area contributed by atoms with E-state index in [-0.39, 0.29) is 41.4 Å². The minimum Gasteiger partial charge on any atom is -0.343 e. The Bertz CT molecular complexity index is 932. The lowest BCUT2D eigenvalue weighted by atomic mass is 9.96. The summed E-state index contributed by atoms with van der Waals surface area (Å²) < 4.78 is 0. The van der Waals surface area contributed by atoms with Crippen molar-refractivity contribution >= 4 is 29.5 Å². The number of rotatable bonds is 10. The van der Waals surface area contributed by atoms with Gasteiger partial charge in [-0.05, 0) is 61.7 Å². The van der Waals surface area contributed by atoms with Crippen molar-refractivity contribution < 1.29 is 24.0 Å². The van der Waals surface area contributed by atoms with Gasteiger partial charge in [-0.25, -0.2) is 0 Å². The second-order valence-electron chi connectivity index (χ2n) is 14.3. The van der Waals surface area contributed by atoms with Gasteiger partial charge in [0.1, 0.15) is 30.2 Å². The number of nitrogens with one attached hydrogen (secondary N) is 3. The molecule has 10 heteroatoms. The van der Waals surface area contributed by atoms with Crippen molar-refractivity contribution in [1.29, 1.82) is 0 Å². The number of nitrogens with zero attached hydrogens (tertiary/aromatic N) is 2. The molecule has 3 N–H and O–H groups in total. The zero-order valence-electron chi connectivity index (χ0n) is 28.2. The van der Waals surface area contributed by atoms with Crippen LogP contribution in [0.15, 0.2) is 0 Å². The molecule has 0 radical (unpaired) electrons. The molecule has 0 saturated carbocycles. The molecule has 1 rings (SSSR count). The van der Waals surface area contributed by atoms with Gasteiger partial charge in [-0.3, -0.25) is 24.0 Å². The standard InChI is InChI=1S/C32H59N5O5/c1-18(2)13-23-28(38)34-24(14-19(3)4)31(41)37(12)27(17-22(9)10)30(40)35-25(15-20(5)6)32(42)36(11)26(16-21(7)8)29(39)33-23/h18-27H,13-17H2,1-12H3,(H,33,39)(H,34,38)(H,35,40)/t23-,24+,25-,26+,27+/m1/s1. The summed E-state index contributed by atoms with van der Waals surface area (Å²) in [7, 11) is 3.17. The van der Waals surface area contributed by atoms with Gasteiger partial charge in [0.25, 0.3) is 0 Å². The third-order valence-electron chi connectivity index (χ3n) is 7.61. The summed E-state index contributed by atoms with van der Waals surface area (Å²) in [6.07, 6.45) is 1.90. The number of hydrogen-bond acceptors (Lipinski definition) is 5. The van der Waals surface area contributed by atoms with E-state index in [9.17, 15) is 24.0 Å². The van der Waals surface area contributed by atoms with Gasteiger partial charge in [-0.15, -0.1) is 0 Å². The average Bonchev–Trinajstić information content (AvgIpc) is 2.85. The lowest BCUT2D eigenvalue weighted by Gasteiger charge is -2.35. The summed E-state index contributed by atoms with van der Waals surface area (Å²) in [5, 5.41) is 8.78. The molecule has 0 aromatic rings. The van der Waals surface area contributed by atoms with Gasteiger partial charge in [0.2, 0.25) is 29.5 Å². The van der Waals surface area contributed by atoms with E-state index in [4.69, 9.17) is 0 Å². The molecule has 1 saturated heterocycles. The third kappa shape index (κ3) is 11.6. The van der Waals surface area contributed by atoms with E-state index in [1.54, 1.807) is 14.1 Å². The fourth-order valence-electron chi connectivity index (χ4n) is 5.47. The molecule has 1 aliphatic heterocycles. The molecule has 0 aliphatic carbocycles. The fourth-order valence-corrected chi connectivity index (χ4v) is 5.47. The van der Waals surface area contributed by atoms with Gasteiger partial charge in [-0.1, -0.05) is 69.2 Å². The van der Waals surface area contributed by atoms with E-state index in [1.165, 1.54) is 9.80 Å². The van der Waals surface area contributed by atoms with Crippen molar-refractivity contribution in [2.75, 3.05) is 14.1 Å². The van der Waals surface area contributed by atoms with Crippen LogP contribution in [-0.4, -0.2) is 83.6 Å². The van der Waals surface area contributed by atoms with Crippen LogP contribution in [0.2, 0.25) is 0 Å². The topological polar surface area (TPSA) is 128 Å². The van der Waals surface area contributed by atoms with Gasteiger partial charge in [-0.2, -0.15) is 0 Å². The second kappa shape index (κ2) is 16.8. The smallest absolute Gasteiger partial charge is 0.245 e. The molecule has 1 heterocycles. The predicted octanol–water partition coefficient (Wildman–Crippen LogP) is 3.34. The fraction of sp³-hybridized carbons (Fsp3) is 0.844. The molecule has 0 aromatic carbocycles. The Kier molecular flexibility index (Phi) is 15.0. The van der Waals surface area contributed by atoms with Crippen molar-refractivity contribution in [2.24, 2.45) is 29.6 Å². The van der Waals surface area contributed by atoms with Crippen LogP contribution in [0.1, 0.15) is 101 Å². The van der Waals surface area contributed by atoms with Crippen LogP contribution in [0.4, 0.5) is 0 Å². The van der Waals surface area contributed by atoms with Crippen LogP contribution in [0.3, 0.4) is 0 Å². The molecule has 1 aliphatic rings. The van der Waals surface area contributed by atoms with Crippen molar-refractivity contribution in [3.05, 3.63) is 0 Å². The largest absolute Gasteiger partial charge is 0.343 e. The van der Waals surface area contributed by atoms with E-state index in [0.717, 1.165) is 0 Å². The van der Waals surface area contributed by atoms with Crippen molar-refractivity contribution in [2.45, 2.75) is 132 Å². The first kappa shape index (κ1) is 37.4. The second-order valence-corrected chi connectivity index (χ2v) is 14.3. The monoisotopic (exact) mass is 593 g/mol. The first-order valence-electron chi connectivity index (χ1n) is 15.8. The van der Waals surface area contributed by atoms with Crippen LogP contribution >= 0.6 is 0 Å². The molecular weight excluding hydrogens is 534 g/mol. The first-order chi connectivity index (χ1) is 19.3. The van der Waals surface area contributed by atoms with E-state index in [1.807, 2.05) is 69.2 Å². The average molecular weight is 594 g/mol. The van der Waals surface area contributed by atoms with E-state index in [2.05, 4.69) is 16.0 Å². The Morgan fingerprint density at radius 2 is 0.714 bits per heavy atom. The van der Waals surface area contributed by atoms with E-state index in [0.29, 0.717) is 32.1 Å². The molecular formula is C32H59N5O5. The summed E-state index contributed by atoms with van der Waals surface area (Å²) in [6, 6.07) is -4.29.